The molecule has 0 aliphatic rings. The summed E-state index contributed by atoms with van der Waals surface area (Å²) in [6, 6.07) is -0.886. The zero-order valence-corrected chi connectivity index (χ0v) is 19.5. The maximum Gasteiger partial charge on any atom is 0.326 e. The molecule has 0 aromatic rings. The number of amides is 2. The SMILES string of the molecule is O=C(O)CCCCCCCCCCCCC(=O)NC(CCCCNC(=O)CS)C(=O)O. The molecule has 0 aliphatic heterocycles. The van der Waals surface area contributed by atoms with Gasteiger partial charge in [-0.1, -0.05) is 51.4 Å². The van der Waals surface area contributed by atoms with Crippen molar-refractivity contribution in [2.75, 3.05) is 12.3 Å². The highest BCUT2D eigenvalue weighted by Gasteiger charge is 2.19. The monoisotopic (exact) mass is 460 g/mol. The normalized spacial score (nSPS) is 11.6. The minimum Gasteiger partial charge on any atom is -0.481 e. The molecule has 0 saturated carbocycles. The highest BCUT2D eigenvalue weighted by Crippen LogP contribution is 2.12. The Morgan fingerprint density at radius 1 is 0.677 bits per heavy atom. The summed E-state index contributed by atoms with van der Waals surface area (Å²) >= 11 is 3.86. The van der Waals surface area contributed by atoms with Crippen molar-refractivity contribution in [3.63, 3.8) is 0 Å². The van der Waals surface area contributed by atoms with Crippen molar-refractivity contribution in [2.24, 2.45) is 0 Å². The molecule has 0 radical (unpaired) electrons. The van der Waals surface area contributed by atoms with E-state index in [1.807, 2.05) is 0 Å². The zero-order chi connectivity index (χ0) is 23.3. The van der Waals surface area contributed by atoms with Gasteiger partial charge in [0.2, 0.25) is 11.8 Å². The first-order valence-electron chi connectivity index (χ1n) is 11.5. The van der Waals surface area contributed by atoms with Crippen LogP contribution in [0.2, 0.25) is 0 Å². The topological polar surface area (TPSA) is 133 Å². The Kier molecular flexibility index (Phi) is 19.0. The van der Waals surface area contributed by atoms with Gasteiger partial charge >= 0.3 is 11.9 Å². The van der Waals surface area contributed by atoms with Crippen LogP contribution in [-0.4, -0.2) is 52.3 Å². The number of carbonyl (C=O) groups excluding carboxylic acids is 2. The lowest BCUT2D eigenvalue weighted by molar-refractivity contribution is -0.142. The lowest BCUT2D eigenvalue weighted by Gasteiger charge is -2.14. The molecule has 1 unspecified atom stereocenters. The van der Waals surface area contributed by atoms with Crippen molar-refractivity contribution >= 4 is 36.4 Å². The Labute approximate surface area is 191 Å². The van der Waals surface area contributed by atoms with Crippen LogP contribution < -0.4 is 10.6 Å². The summed E-state index contributed by atoms with van der Waals surface area (Å²) in [7, 11) is 0. The van der Waals surface area contributed by atoms with Gasteiger partial charge in [0.25, 0.3) is 0 Å². The third-order valence-electron chi connectivity index (χ3n) is 5.06. The van der Waals surface area contributed by atoms with E-state index in [0.717, 1.165) is 64.2 Å². The Morgan fingerprint density at radius 2 is 1.19 bits per heavy atom. The molecule has 0 aromatic carbocycles. The van der Waals surface area contributed by atoms with Crippen molar-refractivity contribution in [1.82, 2.24) is 10.6 Å². The number of nitrogens with one attached hydrogen (secondary N) is 2. The Morgan fingerprint density at radius 3 is 1.68 bits per heavy atom. The third kappa shape index (κ3) is 19.9. The van der Waals surface area contributed by atoms with Crippen LogP contribution in [0.1, 0.15) is 96.3 Å². The number of carbonyl (C=O) groups is 4. The molecule has 4 N–H and O–H groups in total. The molecule has 1 atom stereocenters. The molecule has 0 heterocycles. The molecule has 8 nitrogen and oxygen atoms in total. The number of carboxylic acids is 2. The van der Waals surface area contributed by atoms with Gasteiger partial charge in [-0.2, -0.15) is 12.6 Å². The summed E-state index contributed by atoms with van der Waals surface area (Å²) in [5.74, 6) is -2.00. The van der Waals surface area contributed by atoms with Crippen LogP contribution in [-0.2, 0) is 19.2 Å². The van der Waals surface area contributed by atoms with Gasteiger partial charge in [0.15, 0.2) is 0 Å². The maximum atomic E-state index is 12.0. The Bertz CT molecular complexity index is 530. The van der Waals surface area contributed by atoms with Crippen molar-refractivity contribution in [2.45, 2.75) is 102 Å². The van der Waals surface area contributed by atoms with Gasteiger partial charge in [-0.05, 0) is 32.1 Å². The molecule has 0 bridgehead atoms. The molecule has 0 aliphatic carbocycles. The van der Waals surface area contributed by atoms with Gasteiger partial charge in [0, 0.05) is 19.4 Å². The highest BCUT2D eigenvalue weighted by molar-refractivity contribution is 7.81. The van der Waals surface area contributed by atoms with Crippen LogP contribution in [0.3, 0.4) is 0 Å². The first kappa shape index (κ1) is 29.2. The first-order chi connectivity index (χ1) is 14.9. The summed E-state index contributed by atoms with van der Waals surface area (Å²) < 4.78 is 0. The Hall–Kier alpha value is -1.77. The summed E-state index contributed by atoms with van der Waals surface area (Å²) in [5.41, 5.74) is 0. The number of rotatable bonds is 21. The number of hydrogen-bond donors (Lipinski definition) is 5. The second kappa shape index (κ2) is 20.2. The molecule has 0 spiro atoms. The van der Waals surface area contributed by atoms with E-state index >= 15 is 0 Å². The van der Waals surface area contributed by atoms with Gasteiger partial charge in [0.1, 0.15) is 6.04 Å². The standard InChI is InChI=1S/C22H40N2O6S/c25-19(24-18(22(29)30)13-11-12-16-23-20(26)17-31)14-9-7-5-3-1-2-4-6-8-10-15-21(27)28/h18,31H,1-17H2,(H,23,26)(H,24,25)(H,27,28)(H,29,30). The predicted molar refractivity (Wildman–Crippen MR) is 123 cm³/mol. The van der Waals surface area contributed by atoms with E-state index in [0.29, 0.717) is 32.2 Å². The van der Waals surface area contributed by atoms with E-state index in [4.69, 9.17) is 5.11 Å². The first-order valence-corrected chi connectivity index (χ1v) is 12.1. The lowest BCUT2D eigenvalue weighted by Crippen LogP contribution is -2.40. The van der Waals surface area contributed by atoms with E-state index in [1.165, 1.54) is 0 Å². The summed E-state index contributed by atoms with van der Waals surface area (Å²) in [4.78, 5) is 44.8. The van der Waals surface area contributed by atoms with E-state index in [-0.39, 0.29) is 24.0 Å². The van der Waals surface area contributed by atoms with E-state index < -0.39 is 18.0 Å². The third-order valence-corrected chi connectivity index (χ3v) is 5.35. The Balaban J connectivity index is 3.64. The molecule has 0 saturated heterocycles. The van der Waals surface area contributed by atoms with Crippen LogP contribution in [0.5, 0.6) is 0 Å². The fraction of sp³-hybridized carbons (Fsp3) is 0.818. The van der Waals surface area contributed by atoms with E-state index in [2.05, 4.69) is 23.3 Å². The van der Waals surface area contributed by atoms with Gasteiger partial charge < -0.3 is 20.8 Å². The van der Waals surface area contributed by atoms with Gasteiger partial charge in [0.05, 0.1) is 5.75 Å². The van der Waals surface area contributed by atoms with Crippen LogP contribution >= 0.6 is 12.6 Å². The number of hydrogen-bond acceptors (Lipinski definition) is 5. The summed E-state index contributed by atoms with van der Waals surface area (Å²) in [5, 5.41) is 23.1. The molecule has 31 heavy (non-hydrogen) atoms. The number of carboxylic acid groups (broad SMARTS) is 2. The van der Waals surface area contributed by atoms with Gasteiger partial charge in [-0.3, -0.25) is 14.4 Å². The van der Waals surface area contributed by atoms with Gasteiger partial charge in [-0.15, -0.1) is 0 Å². The zero-order valence-electron chi connectivity index (χ0n) is 18.6. The molecule has 180 valence electrons. The average Bonchev–Trinajstić information content (AvgIpc) is 2.72. The summed E-state index contributed by atoms with van der Waals surface area (Å²) in [6.45, 7) is 0.477. The number of aliphatic carboxylic acids is 2. The minimum atomic E-state index is -1.03. The van der Waals surface area contributed by atoms with E-state index in [1.54, 1.807) is 0 Å². The molecule has 0 fully saturated rings. The quantitative estimate of drug-likeness (QED) is 0.131. The molecular weight excluding hydrogens is 420 g/mol. The van der Waals surface area contributed by atoms with Crippen molar-refractivity contribution in [1.29, 1.82) is 0 Å². The second-order valence-corrected chi connectivity index (χ2v) is 8.21. The second-order valence-electron chi connectivity index (χ2n) is 7.89. The van der Waals surface area contributed by atoms with Crippen molar-refractivity contribution in [3.05, 3.63) is 0 Å². The molecule has 0 aromatic heterocycles. The van der Waals surface area contributed by atoms with Crippen LogP contribution in [0.4, 0.5) is 0 Å². The largest absolute Gasteiger partial charge is 0.481 e. The van der Waals surface area contributed by atoms with Crippen LogP contribution in [0, 0.1) is 0 Å². The fourth-order valence-electron chi connectivity index (χ4n) is 3.26. The van der Waals surface area contributed by atoms with Crippen molar-refractivity contribution < 1.29 is 29.4 Å². The minimum absolute atomic E-state index is 0.129. The van der Waals surface area contributed by atoms with Crippen LogP contribution in [0.15, 0.2) is 0 Å². The van der Waals surface area contributed by atoms with E-state index in [9.17, 15) is 24.3 Å². The maximum absolute atomic E-state index is 12.0. The fourth-order valence-corrected chi connectivity index (χ4v) is 3.37. The summed E-state index contributed by atoms with van der Waals surface area (Å²) in [6.07, 6.45) is 12.4. The lowest BCUT2D eigenvalue weighted by atomic mass is 10.0. The smallest absolute Gasteiger partial charge is 0.326 e. The number of thiol groups is 1. The van der Waals surface area contributed by atoms with Gasteiger partial charge in [-0.25, -0.2) is 4.79 Å². The molecule has 0 rings (SSSR count). The average molecular weight is 461 g/mol. The molecule has 2 amide bonds. The molecule has 9 heteroatoms. The number of unbranched alkanes of at least 4 members (excludes halogenated alkanes) is 10. The molecular formula is C22H40N2O6S. The van der Waals surface area contributed by atoms with Crippen molar-refractivity contribution in [3.8, 4) is 0 Å². The predicted octanol–water partition coefficient (Wildman–Crippen LogP) is 3.54. The van der Waals surface area contributed by atoms with Crippen LogP contribution in [0.25, 0.3) is 0 Å². The highest BCUT2D eigenvalue weighted by atomic mass is 32.1.